The molecule has 2 heterocycles. The van der Waals surface area contributed by atoms with Crippen molar-refractivity contribution in [1.29, 1.82) is 0 Å². The van der Waals surface area contributed by atoms with E-state index in [2.05, 4.69) is 10.4 Å². The molecular formula is C28H23N5O4. The largest absolute Gasteiger partial charge is 0.457 e. The summed E-state index contributed by atoms with van der Waals surface area (Å²) < 4.78 is 7.61. The highest BCUT2D eigenvalue weighted by Gasteiger charge is 2.18. The maximum Gasteiger partial charge on any atom is 0.275 e. The van der Waals surface area contributed by atoms with Crippen molar-refractivity contribution < 1.29 is 14.5 Å². The van der Waals surface area contributed by atoms with Crippen molar-refractivity contribution in [3.05, 3.63) is 106 Å². The molecule has 0 radical (unpaired) electrons. The van der Waals surface area contributed by atoms with E-state index in [1.165, 1.54) is 12.1 Å². The Kier molecular flexibility index (Phi) is 6.10. The number of non-ortho nitro benzene ring substituents is 1. The predicted octanol–water partition coefficient (Wildman–Crippen LogP) is 6.20. The second-order valence-corrected chi connectivity index (χ2v) is 8.68. The third-order valence-electron chi connectivity index (χ3n) is 6.06. The fourth-order valence-corrected chi connectivity index (χ4v) is 4.08. The molecule has 0 aliphatic rings. The molecule has 3 aromatic carbocycles. The van der Waals surface area contributed by atoms with Gasteiger partial charge in [-0.1, -0.05) is 30.3 Å². The van der Waals surface area contributed by atoms with Crippen LogP contribution in [0.2, 0.25) is 0 Å². The summed E-state index contributed by atoms with van der Waals surface area (Å²) in [6, 6.07) is 20.6. The van der Waals surface area contributed by atoms with Gasteiger partial charge in [-0.15, -0.1) is 0 Å². The first-order chi connectivity index (χ1) is 17.8. The lowest BCUT2D eigenvalue weighted by molar-refractivity contribution is -0.384. The Morgan fingerprint density at radius 2 is 1.81 bits per heavy atom. The van der Waals surface area contributed by atoms with Crippen LogP contribution in [0.1, 0.15) is 21.6 Å². The van der Waals surface area contributed by atoms with E-state index in [-0.39, 0.29) is 17.1 Å². The number of carbonyl (C=O) groups is 1. The number of nitro benzene ring substituents is 1. The van der Waals surface area contributed by atoms with E-state index in [0.29, 0.717) is 27.9 Å². The van der Waals surface area contributed by atoms with Crippen LogP contribution < -0.4 is 10.1 Å². The highest BCUT2D eigenvalue weighted by molar-refractivity contribution is 6.13. The third kappa shape index (κ3) is 4.87. The number of rotatable bonds is 6. The number of nitro groups is 1. The Balaban J connectivity index is 1.54. The van der Waals surface area contributed by atoms with Gasteiger partial charge < -0.3 is 10.1 Å². The fourth-order valence-electron chi connectivity index (χ4n) is 4.08. The molecule has 184 valence electrons. The molecule has 1 amide bonds. The van der Waals surface area contributed by atoms with E-state index in [9.17, 15) is 14.9 Å². The Bertz CT molecular complexity index is 1680. The molecule has 0 spiro atoms. The topological polar surface area (TPSA) is 112 Å². The summed E-state index contributed by atoms with van der Waals surface area (Å²) in [7, 11) is 1.84. The molecule has 0 aliphatic carbocycles. The number of fused-ring (bicyclic) bond motifs is 1. The van der Waals surface area contributed by atoms with Gasteiger partial charge in [0, 0.05) is 35.8 Å². The highest BCUT2D eigenvalue weighted by Crippen LogP contribution is 2.32. The van der Waals surface area contributed by atoms with Crippen molar-refractivity contribution in [2.75, 3.05) is 5.32 Å². The number of pyridine rings is 1. The molecule has 37 heavy (non-hydrogen) atoms. The lowest BCUT2D eigenvalue weighted by Gasteiger charge is -2.12. The molecule has 0 saturated heterocycles. The first kappa shape index (κ1) is 23.7. The summed E-state index contributed by atoms with van der Waals surface area (Å²) >= 11 is 0. The summed E-state index contributed by atoms with van der Waals surface area (Å²) in [6.45, 7) is 3.85. The number of nitrogens with zero attached hydrogens (tertiary/aromatic N) is 4. The lowest BCUT2D eigenvalue weighted by Crippen LogP contribution is -2.13. The number of anilines is 1. The smallest absolute Gasteiger partial charge is 0.275 e. The molecule has 1 N–H and O–H groups in total. The minimum Gasteiger partial charge on any atom is -0.457 e. The molecule has 0 atom stereocenters. The maximum atomic E-state index is 13.5. The van der Waals surface area contributed by atoms with Gasteiger partial charge in [0.2, 0.25) is 0 Å². The molecule has 0 fully saturated rings. The first-order valence-corrected chi connectivity index (χ1v) is 11.5. The van der Waals surface area contributed by atoms with Crippen molar-refractivity contribution >= 4 is 28.2 Å². The summed E-state index contributed by atoms with van der Waals surface area (Å²) in [6.07, 6.45) is 1.71. The fraction of sp³-hybridized carbons (Fsp3) is 0.107. The predicted molar refractivity (Wildman–Crippen MR) is 141 cm³/mol. The molecule has 2 aromatic heterocycles. The zero-order chi connectivity index (χ0) is 26.1. The van der Waals surface area contributed by atoms with E-state index >= 15 is 0 Å². The number of nitrogens with one attached hydrogen (secondary N) is 1. The van der Waals surface area contributed by atoms with Crippen molar-refractivity contribution in [1.82, 2.24) is 14.8 Å². The van der Waals surface area contributed by atoms with Crippen LogP contribution in [-0.2, 0) is 7.05 Å². The van der Waals surface area contributed by atoms with Crippen molar-refractivity contribution in [2.45, 2.75) is 13.8 Å². The summed E-state index contributed by atoms with van der Waals surface area (Å²) in [5.74, 6) is 0.346. The van der Waals surface area contributed by atoms with Crippen LogP contribution >= 0.6 is 0 Å². The van der Waals surface area contributed by atoms with Crippen LogP contribution in [0.3, 0.4) is 0 Å². The normalized spacial score (nSPS) is 10.9. The molecule has 0 bridgehead atoms. The number of para-hydroxylation sites is 1. The van der Waals surface area contributed by atoms with Gasteiger partial charge in [0.25, 0.3) is 11.6 Å². The number of aryl methyl sites for hydroxylation is 2. The molecular weight excluding hydrogens is 470 g/mol. The molecule has 5 rings (SSSR count). The maximum absolute atomic E-state index is 13.5. The van der Waals surface area contributed by atoms with Crippen molar-refractivity contribution in [3.8, 4) is 22.8 Å². The van der Waals surface area contributed by atoms with E-state index in [1.807, 2.05) is 63.4 Å². The van der Waals surface area contributed by atoms with Gasteiger partial charge in [0.1, 0.15) is 11.5 Å². The summed E-state index contributed by atoms with van der Waals surface area (Å²) in [5.41, 5.74) is 4.39. The molecule has 0 aliphatic heterocycles. The average molecular weight is 494 g/mol. The monoisotopic (exact) mass is 493 g/mol. The van der Waals surface area contributed by atoms with Gasteiger partial charge in [-0.3, -0.25) is 19.6 Å². The third-order valence-corrected chi connectivity index (χ3v) is 6.06. The zero-order valence-electron chi connectivity index (χ0n) is 20.4. The van der Waals surface area contributed by atoms with Crippen LogP contribution in [0.25, 0.3) is 22.2 Å². The zero-order valence-corrected chi connectivity index (χ0v) is 20.4. The Morgan fingerprint density at radius 3 is 2.54 bits per heavy atom. The van der Waals surface area contributed by atoms with E-state index in [0.717, 1.165) is 16.8 Å². The standard InChI is InChI=1S/C28H23N5O4/c1-17-7-6-8-21(11-17)37-22-13-19(12-20(14-22)33(35)36)30-28(34)24-15-27(25-16-29-32(3)18(25)2)31-26-10-5-4-9-23(24)26/h4-16H,1-3H3,(H,30,34). The van der Waals surface area contributed by atoms with Crippen LogP contribution in [0.4, 0.5) is 11.4 Å². The number of hydrogen-bond donors (Lipinski definition) is 1. The number of ether oxygens (including phenoxy) is 1. The summed E-state index contributed by atoms with van der Waals surface area (Å²) in [4.78, 5) is 29.3. The van der Waals surface area contributed by atoms with Gasteiger partial charge in [0.15, 0.2) is 0 Å². The molecule has 5 aromatic rings. The Morgan fingerprint density at radius 1 is 1.00 bits per heavy atom. The SMILES string of the molecule is Cc1cccc(Oc2cc(NC(=O)c3cc(-c4cnn(C)c4C)nc4ccccc34)cc([N+](=O)[O-])c2)c1. The molecule has 9 heteroatoms. The van der Waals surface area contributed by atoms with Gasteiger partial charge in [-0.05, 0) is 43.7 Å². The van der Waals surface area contributed by atoms with Crippen LogP contribution in [0, 0.1) is 24.0 Å². The molecule has 0 saturated carbocycles. The van der Waals surface area contributed by atoms with E-state index in [4.69, 9.17) is 9.72 Å². The quantitative estimate of drug-likeness (QED) is 0.222. The second kappa shape index (κ2) is 9.54. The summed E-state index contributed by atoms with van der Waals surface area (Å²) in [5, 5.41) is 19.4. The Labute approximate surface area is 212 Å². The number of amides is 1. The van der Waals surface area contributed by atoms with Gasteiger partial charge >= 0.3 is 0 Å². The van der Waals surface area contributed by atoms with Crippen LogP contribution in [0.5, 0.6) is 11.5 Å². The average Bonchev–Trinajstić information content (AvgIpc) is 3.21. The number of carbonyl (C=O) groups excluding carboxylic acids is 1. The highest BCUT2D eigenvalue weighted by atomic mass is 16.6. The second-order valence-electron chi connectivity index (χ2n) is 8.68. The van der Waals surface area contributed by atoms with E-state index < -0.39 is 10.8 Å². The number of aromatic nitrogens is 3. The molecule has 0 unspecified atom stereocenters. The van der Waals surface area contributed by atoms with Gasteiger partial charge in [-0.2, -0.15) is 5.10 Å². The van der Waals surface area contributed by atoms with Gasteiger partial charge in [-0.25, -0.2) is 4.98 Å². The lowest BCUT2D eigenvalue weighted by atomic mass is 10.0. The first-order valence-electron chi connectivity index (χ1n) is 11.5. The van der Waals surface area contributed by atoms with Crippen molar-refractivity contribution in [2.24, 2.45) is 7.05 Å². The minimum absolute atomic E-state index is 0.202. The van der Waals surface area contributed by atoms with Crippen LogP contribution in [0.15, 0.2) is 79.0 Å². The van der Waals surface area contributed by atoms with E-state index in [1.54, 1.807) is 29.1 Å². The molecule has 9 nitrogen and oxygen atoms in total. The van der Waals surface area contributed by atoms with Crippen LogP contribution in [-0.4, -0.2) is 25.6 Å². The van der Waals surface area contributed by atoms with Gasteiger partial charge in [0.05, 0.1) is 39.6 Å². The van der Waals surface area contributed by atoms with Crippen molar-refractivity contribution in [3.63, 3.8) is 0 Å². The Hall–Kier alpha value is -5.05. The minimum atomic E-state index is -0.524. The number of benzene rings is 3. The number of hydrogen-bond acceptors (Lipinski definition) is 6.